The van der Waals surface area contributed by atoms with Crippen LogP contribution in [0.2, 0.25) is 0 Å². The molecule has 0 aliphatic carbocycles. The van der Waals surface area contributed by atoms with Gasteiger partial charge < -0.3 is 10.2 Å². The molecule has 0 atom stereocenters. The summed E-state index contributed by atoms with van der Waals surface area (Å²) < 4.78 is 0. The molecule has 5 heteroatoms. The van der Waals surface area contributed by atoms with Crippen LogP contribution >= 0.6 is 11.3 Å². The summed E-state index contributed by atoms with van der Waals surface area (Å²) in [6.07, 6.45) is 3.25. The SMILES string of the molecule is CNCCCC(=O)N(C)Cc1nccs1. The summed E-state index contributed by atoms with van der Waals surface area (Å²) in [6, 6.07) is 0. The van der Waals surface area contributed by atoms with Gasteiger partial charge in [-0.05, 0) is 20.0 Å². The van der Waals surface area contributed by atoms with E-state index < -0.39 is 0 Å². The lowest BCUT2D eigenvalue weighted by atomic mass is 10.3. The van der Waals surface area contributed by atoms with Crippen molar-refractivity contribution in [3.63, 3.8) is 0 Å². The number of hydrogen-bond donors (Lipinski definition) is 1. The highest BCUT2D eigenvalue weighted by molar-refractivity contribution is 7.09. The Bertz CT molecular complexity index is 287. The van der Waals surface area contributed by atoms with E-state index >= 15 is 0 Å². The first-order chi connectivity index (χ1) is 7.24. The Morgan fingerprint density at radius 3 is 3.07 bits per heavy atom. The van der Waals surface area contributed by atoms with Gasteiger partial charge in [-0.15, -0.1) is 11.3 Å². The number of hydrogen-bond acceptors (Lipinski definition) is 4. The molecule has 1 aromatic heterocycles. The fourth-order valence-electron chi connectivity index (χ4n) is 1.23. The van der Waals surface area contributed by atoms with Crippen molar-refractivity contribution in [2.75, 3.05) is 20.6 Å². The second-order valence-electron chi connectivity index (χ2n) is 3.38. The minimum atomic E-state index is 0.181. The van der Waals surface area contributed by atoms with E-state index in [1.807, 2.05) is 19.5 Å². The average Bonchev–Trinajstić information content (AvgIpc) is 2.70. The molecule has 15 heavy (non-hydrogen) atoms. The first-order valence-electron chi connectivity index (χ1n) is 5.01. The molecule has 0 aromatic carbocycles. The van der Waals surface area contributed by atoms with Crippen molar-refractivity contribution in [2.24, 2.45) is 0 Å². The lowest BCUT2D eigenvalue weighted by Crippen LogP contribution is -2.26. The molecular formula is C10H17N3OS. The largest absolute Gasteiger partial charge is 0.339 e. The van der Waals surface area contributed by atoms with E-state index in [-0.39, 0.29) is 5.91 Å². The molecule has 1 heterocycles. The van der Waals surface area contributed by atoms with Gasteiger partial charge in [0.25, 0.3) is 0 Å². The topological polar surface area (TPSA) is 45.2 Å². The molecule has 0 radical (unpaired) electrons. The number of carbonyl (C=O) groups excluding carboxylic acids is 1. The smallest absolute Gasteiger partial charge is 0.222 e. The molecule has 1 amide bonds. The Hall–Kier alpha value is -0.940. The zero-order chi connectivity index (χ0) is 11.1. The van der Waals surface area contributed by atoms with Crippen molar-refractivity contribution in [1.82, 2.24) is 15.2 Å². The lowest BCUT2D eigenvalue weighted by Gasteiger charge is -2.15. The van der Waals surface area contributed by atoms with E-state index in [1.165, 1.54) is 0 Å². The number of nitrogens with zero attached hydrogens (tertiary/aromatic N) is 2. The molecule has 0 aliphatic heterocycles. The van der Waals surface area contributed by atoms with Crippen LogP contribution in [-0.4, -0.2) is 36.4 Å². The van der Waals surface area contributed by atoms with Crippen molar-refractivity contribution in [3.05, 3.63) is 16.6 Å². The van der Waals surface area contributed by atoms with Crippen LogP contribution < -0.4 is 5.32 Å². The molecule has 84 valence electrons. The third-order valence-electron chi connectivity index (χ3n) is 2.10. The third-order valence-corrected chi connectivity index (χ3v) is 2.86. The van der Waals surface area contributed by atoms with E-state index in [4.69, 9.17) is 0 Å². The van der Waals surface area contributed by atoms with Crippen LogP contribution in [0.4, 0.5) is 0 Å². The first-order valence-corrected chi connectivity index (χ1v) is 5.89. The maximum atomic E-state index is 11.6. The molecule has 0 unspecified atom stereocenters. The molecular weight excluding hydrogens is 210 g/mol. The van der Waals surface area contributed by atoms with Gasteiger partial charge in [-0.3, -0.25) is 4.79 Å². The van der Waals surface area contributed by atoms with Crippen molar-refractivity contribution < 1.29 is 4.79 Å². The van der Waals surface area contributed by atoms with Crippen LogP contribution in [0.1, 0.15) is 17.8 Å². The second kappa shape index (κ2) is 6.53. The van der Waals surface area contributed by atoms with E-state index in [2.05, 4.69) is 10.3 Å². The lowest BCUT2D eigenvalue weighted by molar-refractivity contribution is -0.130. The van der Waals surface area contributed by atoms with E-state index in [9.17, 15) is 4.79 Å². The van der Waals surface area contributed by atoms with E-state index in [1.54, 1.807) is 22.4 Å². The van der Waals surface area contributed by atoms with Crippen molar-refractivity contribution in [2.45, 2.75) is 19.4 Å². The molecule has 1 rings (SSSR count). The number of amides is 1. The van der Waals surface area contributed by atoms with Crippen molar-refractivity contribution in [1.29, 1.82) is 0 Å². The van der Waals surface area contributed by atoms with Crippen LogP contribution in [0.5, 0.6) is 0 Å². The molecule has 4 nitrogen and oxygen atoms in total. The molecule has 0 aliphatic rings. The molecule has 0 saturated carbocycles. The van der Waals surface area contributed by atoms with Crippen LogP contribution in [0.3, 0.4) is 0 Å². The molecule has 0 saturated heterocycles. The van der Waals surface area contributed by atoms with Gasteiger partial charge >= 0.3 is 0 Å². The predicted octanol–water partition coefficient (Wildman–Crippen LogP) is 1.10. The summed E-state index contributed by atoms with van der Waals surface area (Å²) in [5.74, 6) is 0.181. The van der Waals surface area contributed by atoms with Crippen LogP contribution in [0.15, 0.2) is 11.6 Å². The summed E-state index contributed by atoms with van der Waals surface area (Å²) in [5.41, 5.74) is 0. The van der Waals surface area contributed by atoms with Crippen LogP contribution in [0, 0.1) is 0 Å². The van der Waals surface area contributed by atoms with Gasteiger partial charge in [0, 0.05) is 25.0 Å². The normalized spacial score (nSPS) is 10.3. The van der Waals surface area contributed by atoms with Gasteiger partial charge in [0.1, 0.15) is 5.01 Å². The summed E-state index contributed by atoms with van der Waals surface area (Å²) in [5, 5.41) is 5.94. The number of aromatic nitrogens is 1. The standard InChI is InChI=1S/C10H17N3OS/c1-11-5-3-4-10(14)13(2)8-9-12-6-7-15-9/h6-7,11H,3-5,8H2,1-2H3. The molecule has 0 fully saturated rings. The Morgan fingerprint density at radius 2 is 2.47 bits per heavy atom. The first kappa shape index (κ1) is 12.1. The van der Waals surface area contributed by atoms with Gasteiger partial charge in [0.05, 0.1) is 6.54 Å². The Balaban J connectivity index is 2.27. The minimum Gasteiger partial charge on any atom is -0.339 e. The van der Waals surface area contributed by atoms with Crippen molar-refractivity contribution >= 4 is 17.2 Å². The number of rotatable bonds is 6. The van der Waals surface area contributed by atoms with Gasteiger partial charge in [-0.2, -0.15) is 0 Å². The predicted molar refractivity (Wildman–Crippen MR) is 61.7 cm³/mol. The Morgan fingerprint density at radius 1 is 1.67 bits per heavy atom. The summed E-state index contributed by atoms with van der Waals surface area (Å²) in [7, 11) is 3.72. The fourth-order valence-corrected chi connectivity index (χ4v) is 1.90. The third kappa shape index (κ3) is 4.40. The van der Waals surface area contributed by atoms with Gasteiger partial charge in [-0.25, -0.2) is 4.98 Å². The number of carbonyl (C=O) groups is 1. The minimum absolute atomic E-state index is 0.181. The zero-order valence-electron chi connectivity index (χ0n) is 9.19. The fraction of sp³-hybridized carbons (Fsp3) is 0.600. The molecule has 1 aromatic rings. The Kier molecular flexibility index (Phi) is 5.28. The summed E-state index contributed by atoms with van der Waals surface area (Å²) in [4.78, 5) is 17.5. The quantitative estimate of drug-likeness (QED) is 0.740. The maximum absolute atomic E-state index is 11.6. The number of thiazole rings is 1. The van der Waals surface area contributed by atoms with Gasteiger partial charge in [0.15, 0.2) is 0 Å². The molecule has 1 N–H and O–H groups in total. The highest BCUT2D eigenvalue weighted by Gasteiger charge is 2.09. The Labute approximate surface area is 94.3 Å². The molecule has 0 bridgehead atoms. The van der Waals surface area contributed by atoms with E-state index in [0.29, 0.717) is 13.0 Å². The maximum Gasteiger partial charge on any atom is 0.222 e. The summed E-state index contributed by atoms with van der Waals surface area (Å²) >= 11 is 1.58. The summed E-state index contributed by atoms with van der Waals surface area (Å²) in [6.45, 7) is 1.51. The van der Waals surface area contributed by atoms with Crippen LogP contribution in [0.25, 0.3) is 0 Å². The second-order valence-corrected chi connectivity index (χ2v) is 4.36. The molecule has 0 spiro atoms. The van der Waals surface area contributed by atoms with E-state index in [0.717, 1.165) is 18.0 Å². The highest BCUT2D eigenvalue weighted by atomic mass is 32.1. The van der Waals surface area contributed by atoms with Gasteiger partial charge in [0.2, 0.25) is 5.91 Å². The zero-order valence-corrected chi connectivity index (χ0v) is 10.0. The average molecular weight is 227 g/mol. The van der Waals surface area contributed by atoms with Gasteiger partial charge in [-0.1, -0.05) is 0 Å². The van der Waals surface area contributed by atoms with Crippen LogP contribution in [-0.2, 0) is 11.3 Å². The monoisotopic (exact) mass is 227 g/mol. The highest BCUT2D eigenvalue weighted by Crippen LogP contribution is 2.07. The van der Waals surface area contributed by atoms with Crippen molar-refractivity contribution in [3.8, 4) is 0 Å². The number of nitrogens with one attached hydrogen (secondary N) is 1.